The summed E-state index contributed by atoms with van der Waals surface area (Å²) in [4.78, 5) is 24.9. The van der Waals surface area contributed by atoms with Gasteiger partial charge in [-0.15, -0.1) is 0 Å². The molecule has 2 aromatic carbocycles. The van der Waals surface area contributed by atoms with Crippen molar-refractivity contribution in [3.05, 3.63) is 71.0 Å². The molecule has 6 heteroatoms. The Morgan fingerprint density at radius 2 is 1.45 bits per heavy atom. The normalized spacial score (nSPS) is 11.3. The molecule has 0 aliphatic carbocycles. The number of unbranched alkanes of at least 4 members (excludes halogenated alkanes) is 1. The highest BCUT2D eigenvalue weighted by Crippen LogP contribution is 2.13. The number of carbonyl (C=O) groups excluding carboxylic acids is 2. The summed E-state index contributed by atoms with van der Waals surface area (Å²) in [5, 5.41) is 9.41. The van der Waals surface area contributed by atoms with Gasteiger partial charge in [0, 0.05) is 19.0 Å². The first-order chi connectivity index (χ1) is 21.2. The molecule has 0 saturated carbocycles. The third-order valence-electron chi connectivity index (χ3n) is 6.70. The highest BCUT2D eigenvalue weighted by molar-refractivity contribution is 5.87. The van der Waals surface area contributed by atoms with E-state index in [1.807, 2.05) is 33.8 Å². The smallest absolute Gasteiger partial charge is 0.242 e. The SMILES string of the molecule is CC.CCC.CCCc1ccccc1CCCNC(=O)C(CCC)NC(=O)CCCCNC(C)CC.Cc1cccc(F)c1. The Balaban J connectivity index is 0. The first-order valence-electron chi connectivity index (χ1n) is 17.3. The summed E-state index contributed by atoms with van der Waals surface area (Å²) in [6.45, 7) is 20.3. The molecule has 5 nitrogen and oxygen atoms in total. The molecule has 2 atom stereocenters. The summed E-state index contributed by atoms with van der Waals surface area (Å²) >= 11 is 0. The molecular formula is C38H66FN3O2. The van der Waals surface area contributed by atoms with Crippen LogP contribution in [0.1, 0.15) is 130 Å². The lowest BCUT2D eigenvalue weighted by Gasteiger charge is -2.18. The van der Waals surface area contributed by atoms with Crippen molar-refractivity contribution < 1.29 is 14.0 Å². The van der Waals surface area contributed by atoms with Crippen molar-refractivity contribution in [3.8, 4) is 0 Å². The van der Waals surface area contributed by atoms with Crippen LogP contribution in [-0.4, -0.2) is 37.0 Å². The second-order valence-corrected chi connectivity index (χ2v) is 11.0. The predicted molar refractivity (Wildman–Crippen MR) is 189 cm³/mol. The largest absolute Gasteiger partial charge is 0.354 e. The number of aryl methyl sites for hydroxylation is 3. The number of hydrogen-bond acceptors (Lipinski definition) is 3. The van der Waals surface area contributed by atoms with E-state index in [1.165, 1.54) is 29.7 Å². The molecule has 252 valence electrons. The molecule has 0 bridgehead atoms. The zero-order valence-corrected chi connectivity index (χ0v) is 29.7. The molecule has 3 N–H and O–H groups in total. The fourth-order valence-electron chi connectivity index (χ4n) is 4.26. The van der Waals surface area contributed by atoms with E-state index < -0.39 is 6.04 Å². The molecule has 0 saturated heterocycles. The van der Waals surface area contributed by atoms with E-state index in [9.17, 15) is 14.0 Å². The summed E-state index contributed by atoms with van der Waals surface area (Å²) in [5.74, 6) is -0.244. The van der Waals surface area contributed by atoms with Crippen molar-refractivity contribution in [2.45, 2.75) is 145 Å². The van der Waals surface area contributed by atoms with Crippen molar-refractivity contribution in [1.29, 1.82) is 0 Å². The first kappa shape index (κ1) is 43.4. The lowest BCUT2D eigenvalue weighted by Crippen LogP contribution is -2.46. The van der Waals surface area contributed by atoms with Crippen molar-refractivity contribution in [1.82, 2.24) is 16.0 Å². The summed E-state index contributed by atoms with van der Waals surface area (Å²) in [7, 11) is 0. The molecule has 0 spiro atoms. The Kier molecular flexibility index (Phi) is 29.9. The van der Waals surface area contributed by atoms with Gasteiger partial charge < -0.3 is 16.0 Å². The number of halogens is 1. The van der Waals surface area contributed by atoms with E-state index in [0.717, 1.165) is 63.5 Å². The maximum atomic E-state index is 12.6. The molecule has 2 rings (SSSR count). The Bertz CT molecular complexity index is 949. The molecule has 44 heavy (non-hydrogen) atoms. The maximum Gasteiger partial charge on any atom is 0.242 e. The van der Waals surface area contributed by atoms with Crippen LogP contribution in [0.25, 0.3) is 0 Å². The van der Waals surface area contributed by atoms with E-state index in [0.29, 0.717) is 25.4 Å². The standard InChI is InChI=1S/C26H45N3O2.C7H7F.C3H8.C2H6/c1-5-13-22-15-8-9-16-23(22)17-12-20-28-26(31)24(14-6-2)29-25(30)18-10-11-19-27-21(4)7-3;1-6-3-2-4-7(8)5-6;1-3-2;1-2/h8-9,15-16,21,24,27H,5-7,10-14,17-20H2,1-4H3,(H,28,31)(H,29,30);2-5H,1H3;3H2,1-2H3;1-2H3. The molecule has 0 radical (unpaired) electrons. The number of carbonyl (C=O) groups is 2. The number of amides is 2. The van der Waals surface area contributed by atoms with Crippen LogP contribution in [0.2, 0.25) is 0 Å². The van der Waals surface area contributed by atoms with E-state index in [4.69, 9.17) is 0 Å². The minimum Gasteiger partial charge on any atom is -0.354 e. The van der Waals surface area contributed by atoms with Gasteiger partial charge in [-0.05, 0) is 94.2 Å². The lowest BCUT2D eigenvalue weighted by atomic mass is 9.99. The number of nitrogens with one attached hydrogen (secondary N) is 3. The highest BCUT2D eigenvalue weighted by Gasteiger charge is 2.19. The fourth-order valence-corrected chi connectivity index (χ4v) is 4.26. The number of benzene rings is 2. The van der Waals surface area contributed by atoms with Gasteiger partial charge in [0.1, 0.15) is 11.9 Å². The first-order valence-corrected chi connectivity index (χ1v) is 17.3. The van der Waals surface area contributed by atoms with Gasteiger partial charge in [0.25, 0.3) is 0 Å². The molecule has 0 aromatic heterocycles. The van der Waals surface area contributed by atoms with Crippen LogP contribution in [-0.2, 0) is 22.4 Å². The van der Waals surface area contributed by atoms with Gasteiger partial charge in [0.2, 0.25) is 11.8 Å². The predicted octanol–water partition coefficient (Wildman–Crippen LogP) is 9.11. The van der Waals surface area contributed by atoms with Gasteiger partial charge in [0.15, 0.2) is 0 Å². The molecule has 0 heterocycles. The van der Waals surface area contributed by atoms with Gasteiger partial charge in [-0.3, -0.25) is 9.59 Å². The van der Waals surface area contributed by atoms with Crippen LogP contribution in [0.15, 0.2) is 48.5 Å². The maximum absolute atomic E-state index is 12.6. The van der Waals surface area contributed by atoms with Gasteiger partial charge >= 0.3 is 0 Å². The quantitative estimate of drug-likeness (QED) is 0.155. The van der Waals surface area contributed by atoms with Crippen LogP contribution in [0, 0.1) is 12.7 Å². The van der Waals surface area contributed by atoms with Gasteiger partial charge in [-0.2, -0.15) is 0 Å². The number of hydrogen-bond donors (Lipinski definition) is 3. The van der Waals surface area contributed by atoms with E-state index in [-0.39, 0.29) is 17.6 Å². The molecule has 0 aliphatic heterocycles. The van der Waals surface area contributed by atoms with Crippen LogP contribution >= 0.6 is 0 Å². The topological polar surface area (TPSA) is 70.2 Å². The van der Waals surface area contributed by atoms with Gasteiger partial charge in [-0.25, -0.2) is 4.39 Å². The Morgan fingerprint density at radius 1 is 0.818 bits per heavy atom. The van der Waals surface area contributed by atoms with Crippen molar-refractivity contribution in [2.75, 3.05) is 13.1 Å². The Morgan fingerprint density at radius 3 is 1.98 bits per heavy atom. The van der Waals surface area contributed by atoms with E-state index in [1.54, 1.807) is 6.07 Å². The third-order valence-corrected chi connectivity index (χ3v) is 6.70. The summed E-state index contributed by atoms with van der Waals surface area (Å²) in [6, 6.07) is 15.2. The highest BCUT2D eigenvalue weighted by atomic mass is 19.1. The minimum atomic E-state index is -0.428. The van der Waals surface area contributed by atoms with Crippen LogP contribution < -0.4 is 16.0 Å². The lowest BCUT2D eigenvalue weighted by molar-refractivity contribution is -0.129. The monoisotopic (exact) mass is 616 g/mol. The van der Waals surface area contributed by atoms with Crippen molar-refractivity contribution in [3.63, 3.8) is 0 Å². The third kappa shape index (κ3) is 23.7. The summed E-state index contributed by atoms with van der Waals surface area (Å²) in [6.07, 6.45) is 10.3. The molecule has 0 fully saturated rings. The second-order valence-electron chi connectivity index (χ2n) is 11.0. The van der Waals surface area contributed by atoms with E-state index >= 15 is 0 Å². The van der Waals surface area contributed by atoms with Gasteiger partial charge in [-0.1, -0.05) is 104 Å². The molecule has 0 aliphatic rings. The average molecular weight is 616 g/mol. The second kappa shape index (κ2) is 30.3. The molecular weight excluding hydrogens is 549 g/mol. The molecule has 2 amide bonds. The van der Waals surface area contributed by atoms with Crippen LogP contribution in [0.5, 0.6) is 0 Å². The number of rotatable bonds is 17. The summed E-state index contributed by atoms with van der Waals surface area (Å²) < 4.78 is 12.2. The van der Waals surface area contributed by atoms with Gasteiger partial charge in [0.05, 0.1) is 0 Å². The fraction of sp³-hybridized carbons (Fsp3) is 0.632. The van der Waals surface area contributed by atoms with Crippen molar-refractivity contribution >= 4 is 11.8 Å². The zero-order chi connectivity index (χ0) is 33.6. The Hall–Kier alpha value is -2.73. The van der Waals surface area contributed by atoms with E-state index in [2.05, 4.69) is 74.8 Å². The minimum absolute atomic E-state index is 0.0226. The molecule has 2 aromatic rings. The van der Waals surface area contributed by atoms with Crippen LogP contribution in [0.3, 0.4) is 0 Å². The summed E-state index contributed by atoms with van der Waals surface area (Å²) in [5.41, 5.74) is 3.75. The molecule has 2 unspecified atom stereocenters. The Labute approximate surface area is 270 Å². The zero-order valence-electron chi connectivity index (χ0n) is 29.7. The average Bonchev–Trinajstić information content (AvgIpc) is 3.01. The van der Waals surface area contributed by atoms with Crippen molar-refractivity contribution in [2.24, 2.45) is 0 Å². The van der Waals surface area contributed by atoms with Crippen LogP contribution in [0.4, 0.5) is 4.39 Å².